The minimum absolute atomic E-state index is 0.0338. The lowest BCUT2D eigenvalue weighted by atomic mass is 10.1. The second kappa shape index (κ2) is 9.27. The molecule has 3 rings (SSSR count). The average Bonchev–Trinajstić information content (AvgIpc) is 3.26. The van der Waals surface area contributed by atoms with Crippen molar-refractivity contribution in [2.45, 2.75) is 0 Å². The standard InChI is InChI=1S/C22H15N3O7/c1-31-20-8-6-16(25(29)30)11-18(20)24-21(26)15(12-23)10-17-7-9-19(32-17)13-2-4-14(5-3-13)22(27)28/h2-11H,1H3,(H,24,26)(H,27,28). The summed E-state index contributed by atoms with van der Waals surface area (Å²) < 4.78 is 10.7. The van der Waals surface area contributed by atoms with E-state index in [0.717, 1.165) is 6.07 Å². The van der Waals surface area contributed by atoms with Gasteiger partial charge >= 0.3 is 5.97 Å². The van der Waals surface area contributed by atoms with Crippen LogP contribution in [0.3, 0.4) is 0 Å². The number of amides is 1. The molecule has 0 spiro atoms. The lowest BCUT2D eigenvalue weighted by Gasteiger charge is -2.09. The van der Waals surface area contributed by atoms with Crippen LogP contribution in [0.5, 0.6) is 5.75 Å². The van der Waals surface area contributed by atoms with Crippen molar-refractivity contribution in [3.8, 4) is 23.1 Å². The third-order valence-electron chi connectivity index (χ3n) is 4.34. The smallest absolute Gasteiger partial charge is 0.335 e. The number of non-ortho nitro benzene ring substituents is 1. The highest BCUT2D eigenvalue weighted by atomic mass is 16.6. The zero-order chi connectivity index (χ0) is 23.3. The maximum atomic E-state index is 12.6. The van der Waals surface area contributed by atoms with Crippen LogP contribution in [0.15, 0.2) is 64.6 Å². The zero-order valence-electron chi connectivity index (χ0n) is 16.6. The normalized spacial score (nSPS) is 10.8. The molecule has 0 fully saturated rings. The number of carbonyl (C=O) groups is 2. The van der Waals surface area contributed by atoms with E-state index in [1.807, 2.05) is 0 Å². The summed E-state index contributed by atoms with van der Waals surface area (Å²) in [7, 11) is 1.34. The molecule has 0 aliphatic rings. The largest absolute Gasteiger partial charge is 0.495 e. The Bertz CT molecular complexity index is 1270. The van der Waals surface area contributed by atoms with E-state index in [1.54, 1.807) is 30.3 Å². The van der Waals surface area contributed by atoms with Crippen LogP contribution in [-0.2, 0) is 4.79 Å². The molecule has 1 aromatic heterocycles. The summed E-state index contributed by atoms with van der Waals surface area (Å²) in [5, 5.41) is 31.8. The Hall–Kier alpha value is -4.91. The topological polar surface area (TPSA) is 156 Å². The van der Waals surface area contributed by atoms with E-state index in [1.165, 1.54) is 37.5 Å². The van der Waals surface area contributed by atoms with E-state index in [2.05, 4.69) is 5.32 Å². The van der Waals surface area contributed by atoms with Crippen LogP contribution < -0.4 is 10.1 Å². The predicted octanol–water partition coefficient (Wildman–Crippen LogP) is 4.11. The van der Waals surface area contributed by atoms with Gasteiger partial charge in [0.1, 0.15) is 28.9 Å². The molecule has 0 radical (unpaired) electrons. The van der Waals surface area contributed by atoms with Gasteiger partial charge in [0.2, 0.25) is 0 Å². The van der Waals surface area contributed by atoms with E-state index >= 15 is 0 Å². The molecule has 0 unspecified atom stereocenters. The number of nitrogens with zero attached hydrogens (tertiary/aromatic N) is 2. The van der Waals surface area contributed by atoms with Crippen molar-refractivity contribution in [3.63, 3.8) is 0 Å². The van der Waals surface area contributed by atoms with E-state index in [0.29, 0.717) is 11.3 Å². The van der Waals surface area contributed by atoms with Crippen molar-refractivity contribution in [1.82, 2.24) is 0 Å². The Kier molecular flexibility index (Phi) is 6.31. The molecule has 0 aliphatic heterocycles. The van der Waals surface area contributed by atoms with Crippen LogP contribution in [0.1, 0.15) is 16.1 Å². The molecule has 160 valence electrons. The highest BCUT2D eigenvalue weighted by Gasteiger charge is 2.17. The van der Waals surface area contributed by atoms with Crippen LogP contribution in [-0.4, -0.2) is 29.0 Å². The number of anilines is 1. The molecule has 0 atom stereocenters. The average molecular weight is 433 g/mol. The summed E-state index contributed by atoms with van der Waals surface area (Å²) in [6.07, 6.45) is 1.22. The number of aromatic carboxylic acids is 1. The number of carbonyl (C=O) groups excluding carboxylic acids is 1. The number of benzene rings is 2. The number of rotatable bonds is 7. The molecule has 1 heterocycles. The Balaban J connectivity index is 1.83. The molecule has 10 heteroatoms. The number of nitro groups is 1. The second-order valence-electron chi connectivity index (χ2n) is 6.35. The number of carboxylic acids is 1. The number of nitro benzene ring substituents is 1. The van der Waals surface area contributed by atoms with E-state index < -0.39 is 16.8 Å². The third kappa shape index (κ3) is 4.80. The van der Waals surface area contributed by atoms with Gasteiger partial charge in [-0.2, -0.15) is 5.26 Å². The monoisotopic (exact) mass is 433 g/mol. The van der Waals surface area contributed by atoms with Crippen molar-refractivity contribution < 1.29 is 28.8 Å². The summed E-state index contributed by atoms with van der Waals surface area (Å²) in [5.74, 6) is -1.06. The van der Waals surface area contributed by atoms with Crippen LogP contribution >= 0.6 is 0 Å². The van der Waals surface area contributed by atoms with Crippen LogP contribution in [0.25, 0.3) is 17.4 Å². The lowest BCUT2D eigenvalue weighted by molar-refractivity contribution is -0.384. The van der Waals surface area contributed by atoms with E-state index in [4.69, 9.17) is 14.3 Å². The molecule has 1 amide bonds. The van der Waals surface area contributed by atoms with Gasteiger partial charge in [0, 0.05) is 23.8 Å². The maximum Gasteiger partial charge on any atom is 0.335 e. The molecular formula is C22H15N3O7. The van der Waals surface area contributed by atoms with Crippen LogP contribution in [0.4, 0.5) is 11.4 Å². The summed E-state index contributed by atoms with van der Waals surface area (Å²) in [5.41, 5.74) is 0.208. The summed E-state index contributed by atoms with van der Waals surface area (Å²) in [6, 6.07) is 14.6. The second-order valence-corrected chi connectivity index (χ2v) is 6.35. The SMILES string of the molecule is COc1ccc([N+](=O)[O-])cc1NC(=O)C(C#N)=Cc1ccc(-c2ccc(C(=O)O)cc2)o1. The van der Waals surface area contributed by atoms with Crippen LogP contribution in [0.2, 0.25) is 0 Å². The molecule has 0 bridgehead atoms. The van der Waals surface area contributed by atoms with Crippen LogP contribution in [0, 0.1) is 21.4 Å². The van der Waals surface area contributed by atoms with Gasteiger partial charge in [0.05, 0.1) is 23.3 Å². The number of ether oxygens (including phenoxy) is 1. The number of nitriles is 1. The van der Waals surface area contributed by atoms with Gasteiger partial charge in [-0.3, -0.25) is 14.9 Å². The van der Waals surface area contributed by atoms with Crippen molar-refractivity contribution in [2.75, 3.05) is 12.4 Å². The Labute approximate surface area is 181 Å². The first-order valence-corrected chi connectivity index (χ1v) is 9.01. The van der Waals surface area contributed by atoms with Gasteiger partial charge in [-0.1, -0.05) is 12.1 Å². The summed E-state index contributed by atoms with van der Waals surface area (Å²) >= 11 is 0. The molecule has 2 N–H and O–H groups in total. The Morgan fingerprint density at radius 2 is 1.91 bits per heavy atom. The van der Waals surface area contributed by atoms with Gasteiger partial charge in [-0.25, -0.2) is 4.79 Å². The van der Waals surface area contributed by atoms with Crippen molar-refractivity contribution in [1.29, 1.82) is 5.26 Å². The number of methoxy groups -OCH3 is 1. The molecule has 3 aromatic rings. The first kappa shape index (κ1) is 21.8. The fourth-order valence-electron chi connectivity index (χ4n) is 2.75. The first-order chi connectivity index (χ1) is 15.3. The number of nitrogens with one attached hydrogen (secondary N) is 1. The molecule has 0 saturated carbocycles. The van der Waals surface area contributed by atoms with E-state index in [9.17, 15) is 25.0 Å². The Morgan fingerprint density at radius 1 is 1.19 bits per heavy atom. The quantitative estimate of drug-likeness (QED) is 0.244. The third-order valence-corrected chi connectivity index (χ3v) is 4.34. The number of furan rings is 1. The first-order valence-electron chi connectivity index (χ1n) is 9.01. The van der Waals surface area contributed by atoms with Gasteiger partial charge in [-0.05, 0) is 30.3 Å². The highest BCUT2D eigenvalue weighted by Crippen LogP contribution is 2.29. The van der Waals surface area contributed by atoms with Gasteiger partial charge in [0.25, 0.3) is 11.6 Å². The molecule has 0 saturated heterocycles. The number of carboxylic acid groups (broad SMARTS) is 1. The summed E-state index contributed by atoms with van der Waals surface area (Å²) in [6.45, 7) is 0. The maximum absolute atomic E-state index is 12.6. The lowest BCUT2D eigenvalue weighted by Crippen LogP contribution is -2.14. The molecular weight excluding hydrogens is 418 g/mol. The molecule has 32 heavy (non-hydrogen) atoms. The van der Waals surface area contributed by atoms with Gasteiger partial charge in [0.15, 0.2) is 0 Å². The highest BCUT2D eigenvalue weighted by molar-refractivity contribution is 6.10. The summed E-state index contributed by atoms with van der Waals surface area (Å²) in [4.78, 5) is 33.9. The molecule has 0 aliphatic carbocycles. The van der Waals surface area contributed by atoms with Crippen molar-refractivity contribution in [3.05, 3.63) is 81.6 Å². The van der Waals surface area contributed by atoms with Crippen molar-refractivity contribution >= 4 is 29.3 Å². The molecule has 2 aromatic carbocycles. The number of hydrogen-bond donors (Lipinski definition) is 2. The number of hydrogen-bond acceptors (Lipinski definition) is 7. The van der Waals surface area contributed by atoms with Gasteiger partial charge in [-0.15, -0.1) is 0 Å². The van der Waals surface area contributed by atoms with Crippen molar-refractivity contribution in [2.24, 2.45) is 0 Å². The zero-order valence-corrected chi connectivity index (χ0v) is 16.6. The fraction of sp³-hybridized carbons (Fsp3) is 0.0455. The van der Waals surface area contributed by atoms with Gasteiger partial charge < -0.3 is 19.6 Å². The van der Waals surface area contributed by atoms with E-state index in [-0.39, 0.29) is 34.0 Å². The molecule has 10 nitrogen and oxygen atoms in total. The Morgan fingerprint density at radius 3 is 2.50 bits per heavy atom. The fourth-order valence-corrected chi connectivity index (χ4v) is 2.75. The minimum atomic E-state index is -1.05. The predicted molar refractivity (Wildman–Crippen MR) is 113 cm³/mol. The minimum Gasteiger partial charge on any atom is -0.495 e.